The van der Waals surface area contributed by atoms with E-state index in [-0.39, 0.29) is 18.5 Å². The van der Waals surface area contributed by atoms with Gasteiger partial charge in [-0.15, -0.1) is 0 Å². The van der Waals surface area contributed by atoms with Crippen molar-refractivity contribution in [3.8, 4) is 0 Å². The number of hydrogen-bond acceptors (Lipinski definition) is 6. The van der Waals surface area contributed by atoms with E-state index in [1.54, 1.807) is 13.2 Å². The predicted molar refractivity (Wildman–Crippen MR) is 75.2 cm³/mol. The van der Waals surface area contributed by atoms with E-state index in [2.05, 4.69) is 10.1 Å². The molecule has 118 valence electrons. The Hall–Kier alpha value is -1.83. The highest BCUT2D eigenvalue weighted by atomic mass is 19.1. The van der Waals surface area contributed by atoms with Gasteiger partial charge in [0.15, 0.2) is 5.82 Å². The molecule has 0 unspecified atom stereocenters. The van der Waals surface area contributed by atoms with Crippen molar-refractivity contribution in [2.24, 2.45) is 0 Å². The lowest BCUT2D eigenvalue weighted by atomic mass is 10.0. The Morgan fingerprint density at radius 1 is 1.50 bits per heavy atom. The maximum absolute atomic E-state index is 13.4. The van der Waals surface area contributed by atoms with Crippen molar-refractivity contribution in [1.29, 1.82) is 0 Å². The third-order valence-electron chi connectivity index (χ3n) is 3.74. The van der Waals surface area contributed by atoms with Crippen molar-refractivity contribution in [3.05, 3.63) is 47.4 Å². The summed E-state index contributed by atoms with van der Waals surface area (Å²) in [5.74, 6) is 0.669. The number of halogens is 1. The average Bonchev–Trinajstić information content (AvgIpc) is 3.06. The molecule has 6 nitrogen and oxygen atoms in total. The van der Waals surface area contributed by atoms with Crippen LogP contribution >= 0.6 is 0 Å². The minimum atomic E-state index is -0.446. The molecule has 7 heteroatoms. The van der Waals surface area contributed by atoms with Crippen LogP contribution in [0.5, 0.6) is 0 Å². The first-order valence-corrected chi connectivity index (χ1v) is 7.13. The van der Waals surface area contributed by atoms with Crippen LogP contribution in [0.25, 0.3) is 0 Å². The van der Waals surface area contributed by atoms with Gasteiger partial charge >= 0.3 is 0 Å². The van der Waals surface area contributed by atoms with E-state index >= 15 is 0 Å². The van der Waals surface area contributed by atoms with Crippen LogP contribution in [0, 0.1) is 5.82 Å². The van der Waals surface area contributed by atoms with Crippen LogP contribution in [-0.4, -0.2) is 39.9 Å². The van der Waals surface area contributed by atoms with Crippen LogP contribution in [0.2, 0.25) is 0 Å². The number of methoxy groups -OCH3 is 1. The highest BCUT2D eigenvalue weighted by molar-refractivity contribution is 5.21. The molecule has 0 radical (unpaired) electrons. The molecule has 1 aliphatic rings. The van der Waals surface area contributed by atoms with Crippen molar-refractivity contribution in [1.82, 2.24) is 15.0 Å². The Bertz CT molecular complexity index is 634. The van der Waals surface area contributed by atoms with Crippen molar-refractivity contribution in [2.75, 3.05) is 13.7 Å². The lowest BCUT2D eigenvalue weighted by Crippen LogP contribution is -2.25. The van der Waals surface area contributed by atoms with Gasteiger partial charge in [-0.25, -0.2) is 4.39 Å². The van der Waals surface area contributed by atoms with E-state index in [9.17, 15) is 9.50 Å². The summed E-state index contributed by atoms with van der Waals surface area (Å²) < 4.78 is 23.4. The van der Waals surface area contributed by atoms with E-state index in [1.165, 1.54) is 12.1 Å². The number of likely N-dealkylation sites (tertiary alicyclic amines) is 1. The van der Waals surface area contributed by atoms with Gasteiger partial charge in [-0.1, -0.05) is 17.3 Å². The summed E-state index contributed by atoms with van der Waals surface area (Å²) in [5.41, 5.74) is 0.845. The molecule has 1 aromatic carbocycles. The molecule has 0 bridgehead atoms. The fraction of sp³-hybridized carbons (Fsp3) is 0.467. The van der Waals surface area contributed by atoms with Gasteiger partial charge in [0.2, 0.25) is 0 Å². The molecule has 0 amide bonds. The normalized spacial score (nSPS) is 22.3. The Balaban J connectivity index is 1.75. The third-order valence-corrected chi connectivity index (χ3v) is 3.74. The molecule has 22 heavy (non-hydrogen) atoms. The summed E-state index contributed by atoms with van der Waals surface area (Å²) in [4.78, 5) is 6.26. The van der Waals surface area contributed by atoms with Gasteiger partial charge in [0, 0.05) is 19.7 Å². The molecule has 0 spiro atoms. The smallest absolute Gasteiger partial charge is 0.252 e. The van der Waals surface area contributed by atoms with Gasteiger partial charge in [-0.3, -0.25) is 4.90 Å². The molecule has 1 aromatic heterocycles. The summed E-state index contributed by atoms with van der Waals surface area (Å²) in [6.45, 7) is 1.20. The molecule has 1 N–H and O–H groups in total. The van der Waals surface area contributed by atoms with E-state index in [0.29, 0.717) is 31.2 Å². The number of β-amino-alcohol motifs (C(OH)–C–C–N with tert-alkyl or cyclic N) is 1. The van der Waals surface area contributed by atoms with E-state index in [0.717, 1.165) is 5.56 Å². The van der Waals surface area contributed by atoms with E-state index in [1.807, 2.05) is 11.0 Å². The van der Waals surface area contributed by atoms with Crippen LogP contribution < -0.4 is 0 Å². The Labute approximate surface area is 127 Å². The standard InChI is InChI=1S/C15H18FN3O3/c1-21-9-15-17-14(18-22-15)8-19-7-12(20)6-13(19)10-3-2-4-11(16)5-10/h2-5,12-13,20H,6-9H2,1H3/t12-,13+/m1/s1. The molecule has 1 aliphatic heterocycles. The first-order chi connectivity index (χ1) is 10.7. The van der Waals surface area contributed by atoms with Crippen LogP contribution in [0.4, 0.5) is 4.39 Å². The first-order valence-electron chi connectivity index (χ1n) is 7.13. The summed E-state index contributed by atoms with van der Waals surface area (Å²) in [6, 6.07) is 6.40. The summed E-state index contributed by atoms with van der Waals surface area (Å²) >= 11 is 0. The minimum absolute atomic E-state index is 0.0601. The maximum Gasteiger partial charge on any atom is 0.252 e. The van der Waals surface area contributed by atoms with Gasteiger partial charge < -0.3 is 14.4 Å². The summed E-state index contributed by atoms with van der Waals surface area (Å²) in [5, 5.41) is 13.9. The number of rotatable bonds is 5. The van der Waals surface area contributed by atoms with Crippen LogP contribution in [0.1, 0.15) is 29.7 Å². The van der Waals surface area contributed by atoms with Gasteiger partial charge in [0.1, 0.15) is 12.4 Å². The number of aromatic nitrogens is 2. The topological polar surface area (TPSA) is 71.6 Å². The van der Waals surface area contributed by atoms with Crippen molar-refractivity contribution in [3.63, 3.8) is 0 Å². The molecule has 1 saturated heterocycles. The second-order valence-electron chi connectivity index (χ2n) is 5.43. The third kappa shape index (κ3) is 3.32. The van der Waals surface area contributed by atoms with Crippen LogP contribution in [0.3, 0.4) is 0 Å². The molecule has 0 aliphatic carbocycles. The number of hydrogen-bond donors (Lipinski definition) is 1. The first kappa shape index (κ1) is 15.1. The van der Waals surface area contributed by atoms with Gasteiger partial charge in [0.05, 0.1) is 12.6 Å². The summed E-state index contributed by atoms with van der Waals surface area (Å²) in [6.07, 6.45) is 0.116. The second-order valence-corrected chi connectivity index (χ2v) is 5.43. The Kier molecular flexibility index (Phi) is 4.47. The molecule has 3 rings (SSSR count). The van der Waals surface area contributed by atoms with Crippen molar-refractivity contribution < 1.29 is 18.8 Å². The van der Waals surface area contributed by atoms with Gasteiger partial charge in [-0.2, -0.15) is 4.98 Å². The number of benzene rings is 1. The molecule has 1 fully saturated rings. The molecule has 0 saturated carbocycles. The zero-order valence-electron chi connectivity index (χ0n) is 12.3. The zero-order chi connectivity index (χ0) is 15.5. The number of nitrogens with zero attached hydrogens (tertiary/aromatic N) is 3. The molecule has 2 aromatic rings. The average molecular weight is 307 g/mol. The van der Waals surface area contributed by atoms with Crippen molar-refractivity contribution >= 4 is 0 Å². The Morgan fingerprint density at radius 3 is 3.14 bits per heavy atom. The quantitative estimate of drug-likeness (QED) is 0.906. The molecular weight excluding hydrogens is 289 g/mol. The number of aliphatic hydroxyl groups is 1. The minimum Gasteiger partial charge on any atom is -0.392 e. The lowest BCUT2D eigenvalue weighted by molar-refractivity contribution is 0.151. The predicted octanol–water partition coefficient (Wildman–Crippen LogP) is 1.66. The molecular formula is C15H18FN3O3. The van der Waals surface area contributed by atoms with Crippen molar-refractivity contribution in [2.45, 2.75) is 31.7 Å². The van der Waals surface area contributed by atoms with E-state index < -0.39 is 6.10 Å². The fourth-order valence-electron chi connectivity index (χ4n) is 2.83. The fourth-order valence-corrected chi connectivity index (χ4v) is 2.83. The number of ether oxygens (including phenoxy) is 1. The molecule has 2 heterocycles. The van der Waals surface area contributed by atoms with Crippen LogP contribution in [0.15, 0.2) is 28.8 Å². The monoisotopic (exact) mass is 307 g/mol. The van der Waals surface area contributed by atoms with Gasteiger partial charge in [-0.05, 0) is 24.1 Å². The van der Waals surface area contributed by atoms with Gasteiger partial charge in [0.25, 0.3) is 5.89 Å². The SMILES string of the molecule is COCc1nc(CN2C[C@H](O)C[C@H]2c2cccc(F)c2)no1. The highest BCUT2D eigenvalue weighted by Gasteiger charge is 2.33. The lowest BCUT2D eigenvalue weighted by Gasteiger charge is -2.22. The largest absolute Gasteiger partial charge is 0.392 e. The summed E-state index contributed by atoms with van der Waals surface area (Å²) in [7, 11) is 1.56. The second kappa shape index (κ2) is 6.51. The molecule has 2 atom stereocenters. The van der Waals surface area contributed by atoms with E-state index in [4.69, 9.17) is 9.26 Å². The number of aliphatic hydroxyl groups excluding tert-OH is 1. The zero-order valence-corrected chi connectivity index (χ0v) is 12.3. The Morgan fingerprint density at radius 2 is 2.36 bits per heavy atom. The highest BCUT2D eigenvalue weighted by Crippen LogP contribution is 2.33. The maximum atomic E-state index is 13.4. The van der Waals surface area contributed by atoms with Crippen LogP contribution in [-0.2, 0) is 17.9 Å².